The lowest BCUT2D eigenvalue weighted by Crippen LogP contribution is -2.11. The quantitative estimate of drug-likeness (QED) is 0.888. The molecule has 1 aromatic heterocycles. The molecule has 0 fully saturated rings. The van der Waals surface area contributed by atoms with Crippen LogP contribution in [0.2, 0.25) is 0 Å². The van der Waals surface area contributed by atoms with Crippen molar-refractivity contribution in [2.24, 2.45) is 5.92 Å². The van der Waals surface area contributed by atoms with Crippen LogP contribution in [0.1, 0.15) is 24.3 Å². The first-order valence-electron chi connectivity index (χ1n) is 5.51. The number of hydrogen-bond acceptors (Lipinski definition) is 1. The highest BCUT2D eigenvalue weighted by atomic mass is 19.1. The molecule has 0 spiro atoms. The van der Waals surface area contributed by atoms with Crippen LogP contribution in [0.15, 0.2) is 24.3 Å². The Kier molecular flexibility index (Phi) is 2.88. The first-order valence-corrected chi connectivity index (χ1v) is 5.51. The van der Waals surface area contributed by atoms with Crippen molar-refractivity contribution in [1.29, 1.82) is 0 Å². The molecule has 0 amide bonds. The molecule has 0 unspecified atom stereocenters. The summed E-state index contributed by atoms with van der Waals surface area (Å²) < 4.78 is 14.9. The molecule has 1 heterocycles. The molecule has 1 N–H and O–H groups in total. The lowest BCUT2D eigenvalue weighted by molar-refractivity contribution is 0.0685. The van der Waals surface area contributed by atoms with E-state index in [1.54, 1.807) is 16.7 Å². The van der Waals surface area contributed by atoms with Gasteiger partial charge in [-0.15, -0.1) is 0 Å². The summed E-state index contributed by atoms with van der Waals surface area (Å²) in [5.74, 6) is -1.04. The molecule has 0 saturated heterocycles. The maximum Gasteiger partial charge on any atom is 0.352 e. The number of carboxylic acids is 1. The van der Waals surface area contributed by atoms with Crippen LogP contribution in [-0.4, -0.2) is 15.6 Å². The highest BCUT2D eigenvalue weighted by Gasteiger charge is 2.15. The number of halogens is 1. The zero-order valence-electron chi connectivity index (χ0n) is 9.77. The van der Waals surface area contributed by atoms with Gasteiger partial charge in [0, 0.05) is 11.9 Å². The van der Waals surface area contributed by atoms with Crippen molar-refractivity contribution >= 4 is 16.9 Å². The van der Waals surface area contributed by atoms with Crippen molar-refractivity contribution in [2.75, 3.05) is 0 Å². The molecule has 1 aromatic carbocycles. The molecule has 0 atom stereocenters. The van der Waals surface area contributed by atoms with Crippen molar-refractivity contribution in [1.82, 2.24) is 4.57 Å². The van der Waals surface area contributed by atoms with E-state index in [4.69, 9.17) is 5.11 Å². The van der Waals surface area contributed by atoms with Gasteiger partial charge in [-0.05, 0) is 30.2 Å². The van der Waals surface area contributed by atoms with E-state index in [1.807, 2.05) is 13.8 Å². The number of carbonyl (C=O) groups is 1. The lowest BCUT2D eigenvalue weighted by atomic mass is 10.2. The fraction of sp³-hybridized carbons (Fsp3) is 0.308. The second-order valence-electron chi connectivity index (χ2n) is 4.54. The predicted octanol–water partition coefficient (Wildman–Crippen LogP) is 3.13. The van der Waals surface area contributed by atoms with Crippen molar-refractivity contribution in [3.05, 3.63) is 35.8 Å². The summed E-state index contributed by atoms with van der Waals surface area (Å²) >= 11 is 0. The van der Waals surface area contributed by atoms with Crippen molar-refractivity contribution < 1.29 is 14.3 Å². The van der Waals surface area contributed by atoms with Crippen molar-refractivity contribution in [3.8, 4) is 0 Å². The van der Waals surface area contributed by atoms with Gasteiger partial charge in [0.2, 0.25) is 0 Å². The molecule has 0 bridgehead atoms. The van der Waals surface area contributed by atoms with Gasteiger partial charge in [-0.2, -0.15) is 0 Å². The fourth-order valence-electron chi connectivity index (χ4n) is 1.97. The van der Waals surface area contributed by atoms with Crippen LogP contribution in [-0.2, 0) is 6.54 Å². The normalized spacial score (nSPS) is 11.3. The van der Waals surface area contributed by atoms with Crippen LogP contribution in [0, 0.1) is 11.7 Å². The number of aromatic carboxylic acids is 1. The average molecular weight is 235 g/mol. The SMILES string of the molecule is CC(C)Cn1c(C(=O)O)cc2ccc(F)cc21. The number of hydrogen-bond donors (Lipinski definition) is 1. The van der Waals surface area contributed by atoms with Crippen molar-refractivity contribution in [2.45, 2.75) is 20.4 Å². The fourth-order valence-corrected chi connectivity index (χ4v) is 1.97. The van der Waals surface area contributed by atoms with Gasteiger partial charge in [-0.25, -0.2) is 9.18 Å². The molecular weight excluding hydrogens is 221 g/mol. The largest absolute Gasteiger partial charge is 0.477 e. The average Bonchev–Trinajstić information content (AvgIpc) is 2.56. The summed E-state index contributed by atoms with van der Waals surface area (Å²) in [5, 5.41) is 9.89. The van der Waals surface area contributed by atoms with E-state index in [0.717, 1.165) is 5.39 Å². The Morgan fingerprint density at radius 3 is 2.71 bits per heavy atom. The molecule has 3 nitrogen and oxygen atoms in total. The topological polar surface area (TPSA) is 42.2 Å². The third-order valence-electron chi connectivity index (χ3n) is 2.63. The van der Waals surface area contributed by atoms with Gasteiger partial charge in [0.25, 0.3) is 0 Å². The molecule has 0 saturated carbocycles. The van der Waals surface area contributed by atoms with Crippen LogP contribution in [0.25, 0.3) is 10.9 Å². The summed E-state index contributed by atoms with van der Waals surface area (Å²) in [6.45, 7) is 4.56. The molecule has 0 radical (unpaired) electrons. The summed E-state index contributed by atoms with van der Waals surface area (Å²) in [5.41, 5.74) is 0.843. The summed E-state index contributed by atoms with van der Waals surface area (Å²) in [7, 11) is 0. The third kappa shape index (κ3) is 2.16. The minimum Gasteiger partial charge on any atom is -0.477 e. The summed E-state index contributed by atoms with van der Waals surface area (Å²) in [6.07, 6.45) is 0. The summed E-state index contributed by atoms with van der Waals surface area (Å²) in [4.78, 5) is 11.1. The molecular formula is C13H14FNO2. The summed E-state index contributed by atoms with van der Waals surface area (Å²) in [6, 6.07) is 5.91. The van der Waals surface area contributed by atoms with Crippen LogP contribution in [0.3, 0.4) is 0 Å². The molecule has 0 aliphatic rings. The number of nitrogens with zero attached hydrogens (tertiary/aromatic N) is 1. The smallest absolute Gasteiger partial charge is 0.352 e. The highest BCUT2D eigenvalue weighted by molar-refractivity contribution is 5.94. The van der Waals surface area contributed by atoms with E-state index in [-0.39, 0.29) is 11.5 Å². The Hall–Kier alpha value is -1.84. The molecule has 0 aliphatic carbocycles. The number of carboxylic acid groups (broad SMARTS) is 1. The van der Waals surface area contributed by atoms with E-state index < -0.39 is 5.97 Å². The van der Waals surface area contributed by atoms with E-state index >= 15 is 0 Å². The zero-order valence-corrected chi connectivity index (χ0v) is 9.77. The maximum absolute atomic E-state index is 13.2. The van der Waals surface area contributed by atoms with Crippen LogP contribution < -0.4 is 0 Å². The lowest BCUT2D eigenvalue weighted by Gasteiger charge is -2.10. The van der Waals surface area contributed by atoms with E-state index in [2.05, 4.69) is 0 Å². The number of benzene rings is 1. The third-order valence-corrected chi connectivity index (χ3v) is 2.63. The van der Waals surface area contributed by atoms with E-state index in [0.29, 0.717) is 18.0 Å². The standard InChI is InChI=1S/C13H14FNO2/c1-8(2)7-15-11-6-10(14)4-3-9(11)5-12(15)13(16)17/h3-6,8H,7H2,1-2H3,(H,16,17). The van der Waals surface area contributed by atoms with Gasteiger partial charge in [0.15, 0.2) is 0 Å². The van der Waals surface area contributed by atoms with Gasteiger partial charge >= 0.3 is 5.97 Å². The second-order valence-corrected chi connectivity index (χ2v) is 4.54. The van der Waals surface area contributed by atoms with Gasteiger partial charge < -0.3 is 9.67 Å². The Balaban J connectivity index is 2.68. The molecule has 2 rings (SSSR count). The number of fused-ring (bicyclic) bond motifs is 1. The van der Waals surface area contributed by atoms with Gasteiger partial charge in [-0.3, -0.25) is 0 Å². The molecule has 2 aromatic rings. The predicted molar refractivity (Wildman–Crippen MR) is 63.7 cm³/mol. The van der Waals surface area contributed by atoms with Crippen LogP contribution in [0.4, 0.5) is 4.39 Å². The van der Waals surface area contributed by atoms with Gasteiger partial charge in [0.1, 0.15) is 11.5 Å². The Bertz CT molecular complexity index is 572. The first-order chi connectivity index (χ1) is 7.99. The second kappa shape index (κ2) is 4.20. The van der Waals surface area contributed by atoms with E-state index in [9.17, 15) is 9.18 Å². The van der Waals surface area contributed by atoms with Crippen LogP contribution in [0.5, 0.6) is 0 Å². The minimum absolute atomic E-state index is 0.208. The molecule has 17 heavy (non-hydrogen) atoms. The molecule has 4 heteroatoms. The number of aromatic nitrogens is 1. The maximum atomic E-state index is 13.2. The van der Waals surface area contributed by atoms with Crippen molar-refractivity contribution in [3.63, 3.8) is 0 Å². The van der Waals surface area contributed by atoms with E-state index in [1.165, 1.54) is 12.1 Å². The molecule has 0 aliphatic heterocycles. The Labute approximate surface area is 98.5 Å². The van der Waals surface area contributed by atoms with Gasteiger partial charge in [-0.1, -0.05) is 13.8 Å². The monoisotopic (exact) mass is 235 g/mol. The first kappa shape index (κ1) is 11.6. The molecule has 90 valence electrons. The zero-order chi connectivity index (χ0) is 12.6. The number of rotatable bonds is 3. The Morgan fingerprint density at radius 2 is 2.12 bits per heavy atom. The van der Waals surface area contributed by atoms with Gasteiger partial charge in [0.05, 0.1) is 5.52 Å². The highest BCUT2D eigenvalue weighted by Crippen LogP contribution is 2.22. The Morgan fingerprint density at radius 1 is 1.41 bits per heavy atom. The minimum atomic E-state index is -0.984. The van der Waals surface area contributed by atoms with Crippen LogP contribution >= 0.6 is 0 Å².